The Bertz CT molecular complexity index is 343. The molecule has 0 fully saturated rings. The van der Waals surface area contributed by atoms with Gasteiger partial charge in [-0.05, 0) is 13.5 Å². The molecule has 1 atom stereocenters. The van der Waals surface area contributed by atoms with Crippen LogP contribution in [0.25, 0.3) is 0 Å². The Morgan fingerprint density at radius 1 is 1.47 bits per heavy atom. The summed E-state index contributed by atoms with van der Waals surface area (Å²) in [6.07, 6.45) is 3.89. The average Bonchev–Trinajstić information content (AvgIpc) is 2.51. The Hall–Kier alpha value is -1.07. The molecule has 5 nitrogen and oxygen atoms in total. The minimum atomic E-state index is -0.523. The van der Waals surface area contributed by atoms with E-state index in [2.05, 4.69) is 5.32 Å². The van der Waals surface area contributed by atoms with Crippen molar-refractivity contribution in [1.29, 1.82) is 0 Å². The molecule has 1 rings (SSSR count). The van der Waals surface area contributed by atoms with E-state index in [-0.39, 0.29) is 5.69 Å². The summed E-state index contributed by atoms with van der Waals surface area (Å²) < 4.78 is 3.20. The number of likely N-dealkylation sites (N-methyl/N-ethyl adjacent to an activating group) is 1. The van der Waals surface area contributed by atoms with Gasteiger partial charge in [-0.2, -0.15) is 0 Å². The highest BCUT2D eigenvalue weighted by atomic mass is 16.3. The van der Waals surface area contributed by atoms with Crippen molar-refractivity contribution >= 4 is 0 Å². The third-order valence-electron chi connectivity index (χ3n) is 2.23. The Morgan fingerprint density at radius 2 is 2.13 bits per heavy atom. The summed E-state index contributed by atoms with van der Waals surface area (Å²) >= 11 is 0. The molecule has 5 heteroatoms. The summed E-state index contributed by atoms with van der Waals surface area (Å²) in [4.78, 5) is 11.7. The number of aliphatic hydroxyl groups excluding tert-OH is 1. The maximum atomic E-state index is 11.7. The van der Waals surface area contributed by atoms with Gasteiger partial charge in [0.25, 0.3) is 0 Å². The highest BCUT2D eigenvalue weighted by Crippen LogP contribution is 1.91. The molecule has 0 bridgehead atoms. The predicted molar refractivity (Wildman–Crippen MR) is 58.9 cm³/mol. The van der Waals surface area contributed by atoms with Gasteiger partial charge < -0.3 is 10.4 Å². The number of rotatable bonds is 6. The number of imidazole rings is 1. The largest absolute Gasteiger partial charge is 0.390 e. The van der Waals surface area contributed by atoms with Crippen LogP contribution in [0.1, 0.15) is 13.3 Å². The Balaban J connectivity index is 2.66. The van der Waals surface area contributed by atoms with Gasteiger partial charge in [0, 0.05) is 25.5 Å². The Labute approximate surface area is 89.3 Å². The average molecular weight is 213 g/mol. The van der Waals surface area contributed by atoms with Gasteiger partial charge in [0.15, 0.2) is 0 Å². The third-order valence-corrected chi connectivity index (χ3v) is 2.23. The van der Waals surface area contributed by atoms with Crippen molar-refractivity contribution in [2.45, 2.75) is 32.5 Å². The lowest BCUT2D eigenvalue weighted by atomic mass is 10.3. The molecule has 0 aromatic carbocycles. The molecule has 0 aliphatic heterocycles. The highest BCUT2D eigenvalue weighted by Gasteiger charge is 2.07. The minimum absolute atomic E-state index is 0.0491. The predicted octanol–water partition coefficient (Wildman–Crippen LogP) is -0.360. The van der Waals surface area contributed by atoms with E-state index in [9.17, 15) is 9.90 Å². The van der Waals surface area contributed by atoms with Gasteiger partial charge in [-0.3, -0.25) is 9.13 Å². The van der Waals surface area contributed by atoms with Crippen LogP contribution >= 0.6 is 0 Å². The van der Waals surface area contributed by atoms with Crippen molar-refractivity contribution in [1.82, 2.24) is 14.5 Å². The summed E-state index contributed by atoms with van der Waals surface area (Å²) in [5.74, 6) is 0. The maximum Gasteiger partial charge on any atom is 0.328 e. The van der Waals surface area contributed by atoms with Crippen molar-refractivity contribution in [3.8, 4) is 0 Å². The first-order valence-electron chi connectivity index (χ1n) is 5.27. The molecule has 2 N–H and O–H groups in total. The van der Waals surface area contributed by atoms with Crippen LogP contribution in [0.2, 0.25) is 0 Å². The van der Waals surface area contributed by atoms with Gasteiger partial charge in [0.1, 0.15) is 0 Å². The van der Waals surface area contributed by atoms with E-state index < -0.39 is 6.10 Å². The summed E-state index contributed by atoms with van der Waals surface area (Å²) in [5, 5.41) is 12.4. The molecule has 0 amide bonds. The summed E-state index contributed by atoms with van der Waals surface area (Å²) in [5.41, 5.74) is -0.0491. The van der Waals surface area contributed by atoms with E-state index in [1.807, 2.05) is 6.92 Å². The lowest BCUT2D eigenvalue weighted by Gasteiger charge is -2.09. The molecule has 15 heavy (non-hydrogen) atoms. The van der Waals surface area contributed by atoms with Crippen LogP contribution in [-0.4, -0.2) is 33.9 Å². The second kappa shape index (κ2) is 5.72. The zero-order valence-electron chi connectivity index (χ0n) is 9.31. The van der Waals surface area contributed by atoms with Gasteiger partial charge in [-0.15, -0.1) is 0 Å². The van der Waals surface area contributed by atoms with Crippen molar-refractivity contribution in [2.24, 2.45) is 0 Å². The van der Waals surface area contributed by atoms with E-state index in [0.29, 0.717) is 13.1 Å². The molecule has 0 aliphatic carbocycles. The minimum Gasteiger partial charge on any atom is -0.390 e. The number of aliphatic hydroxyl groups is 1. The zero-order valence-corrected chi connectivity index (χ0v) is 9.31. The van der Waals surface area contributed by atoms with Gasteiger partial charge in [0.2, 0.25) is 0 Å². The lowest BCUT2D eigenvalue weighted by Crippen LogP contribution is -2.33. The maximum absolute atomic E-state index is 11.7. The Kier molecular flexibility index (Phi) is 4.58. The first-order chi connectivity index (χ1) is 7.19. The zero-order chi connectivity index (χ0) is 11.3. The highest BCUT2D eigenvalue weighted by molar-refractivity contribution is 4.82. The fourth-order valence-electron chi connectivity index (χ4n) is 1.53. The van der Waals surface area contributed by atoms with Gasteiger partial charge in [0.05, 0.1) is 12.6 Å². The van der Waals surface area contributed by atoms with Crippen LogP contribution < -0.4 is 11.0 Å². The molecule has 1 unspecified atom stereocenters. The normalized spacial score (nSPS) is 13.0. The number of aromatic nitrogens is 2. The quantitative estimate of drug-likeness (QED) is 0.678. The first kappa shape index (κ1) is 12.0. The smallest absolute Gasteiger partial charge is 0.328 e. The Morgan fingerprint density at radius 3 is 2.73 bits per heavy atom. The fraction of sp³-hybridized carbons (Fsp3) is 0.700. The van der Waals surface area contributed by atoms with E-state index >= 15 is 0 Å². The standard InChI is InChI=1S/C10H19N3O2/c1-3-4-12-5-6-13(10(12)15)8-9(14)7-11-2/h5-6,9,11,14H,3-4,7-8H2,1-2H3. The molecule has 0 saturated heterocycles. The molecule has 0 saturated carbocycles. The number of nitrogens with one attached hydrogen (secondary N) is 1. The van der Waals surface area contributed by atoms with Crippen LogP contribution in [-0.2, 0) is 13.1 Å². The molecule has 1 heterocycles. The molecular weight excluding hydrogens is 194 g/mol. The summed E-state index contributed by atoms with van der Waals surface area (Å²) in [7, 11) is 1.77. The summed E-state index contributed by atoms with van der Waals surface area (Å²) in [6, 6.07) is 0. The molecular formula is C10H19N3O2. The van der Waals surface area contributed by atoms with Gasteiger partial charge in [-0.25, -0.2) is 4.79 Å². The summed E-state index contributed by atoms with van der Waals surface area (Å²) in [6.45, 7) is 3.59. The second-order valence-corrected chi connectivity index (χ2v) is 3.64. The number of nitrogens with zero attached hydrogens (tertiary/aromatic N) is 2. The fourth-order valence-corrected chi connectivity index (χ4v) is 1.53. The van der Waals surface area contributed by atoms with Crippen LogP contribution in [0.4, 0.5) is 0 Å². The van der Waals surface area contributed by atoms with Crippen LogP contribution in [0.15, 0.2) is 17.2 Å². The van der Waals surface area contributed by atoms with Crippen LogP contribution in [0.5, 0.6) is 0 Å². The molecule has 0 spiro atoms. The van der Waals surface area contributed by atoms with E-state index in [1.54, 1.807) is 24.0 Å². The van der Waals surface area contributed by atoms with Crippen molar-refractivity contribution in [2.75, 3.05) is 13.6 Å². The van der Waals surface area contributed by atoms with E-state index in [4.69, 9.17) is 0 Å². The number of aryl methyl sites for hydroxylation is 1. The molecule has 1 aromatic rings. The van der Waals surface area contributed by atoms with Crippen LogP contribution in [0.3, 0.4) is 0 Å². The monoisotopic (exact) mass is 213 g/mol. The van der Waals surface area contributed by atoms with Gasteiger partial charge in [-0.1, -0.05) is 6.92 Å². The van der Waals surface area contributed by atoms with Crippen molar-refractivity contribution in [3.05, 3.63) is 22.9 Å². The number of hydrogen-bond donors (Lipinski definition) is 2. The molecule has 0 aliphatic rings. The molecule has 1 aromatic heterocycles. The number of hydrogen-bond acceptors (Lipinski definition) is 3. The van der Waals surface area contributed by atoms with E-state index in [0.717, 1.165) is 13.0 Å². The second-order valence-electron chi connectivity index (χ2n) is 3.64. The molecule has 0 radical (unpaired) electrons. The topological polar surface area (TPSA) is 59.2 Å². The lowest BCUT2D eigenvalue weighted by molar-refractivity contribution is 0.152. The van der Waals surface area contributed by atoms with Gasteiger partial charge >= 0.3 is 5.69 Å². The first-order valence-corrected chi connectivity index (χ1v) is 5.27. The van der Waals surface area contributed by atoms with Crippen LogP contribution in [0, 0.1) is 0 Å². The molecule has 86 valence electrons. The van der Waals surface area contributed by atoms with Crippen molar-refractivity contribution in [3.63, 3.8) is 0 Å². The SMILES string of the molecule is CCCn1ccn(CC(O)CNC)c1=O. The van der Waals surface area contributed by atoms with E-state index in [1.165, 1.54) is 4.57 Å². The third kappa shape index (κ3) is 3.21. The van der Waals surface area contributed by atoms with Crippen molar-refractivity contribution < 1.29 is 5.11 Å².